The molecule has 0 fully saturated rings. The highest BCUT2D eigenvalue weighted by Crippen LogP contribution is 2.04. The summed E-state index contributed by atoms with van der Waals surface area (Å²) < 4.78 is 4.88. The zero-order valence-electron chi connectivity index (χ0n) is 7.24. The summed E-state index contributed by atoms with van der Waals surface area (Å²) in [5.41, 5.74) is 0.788. The first-order valence-corrected chi connectivity index (χ1v) is 3.72. The van der Waals surface area contributed by atoms with E-state index in [1.165, 1.54) is 0 Å². The van der Waals surface area contributed by atoms with Crippen molar-refractivity contribution in [1.29, 1.82) is 5.26 Å². The average molecular weight is 172 g/mol. The summed E-state index contributed by atoms with van der Waals surface area (Å²) in [4.78, 5) is 3.97. The number of rotatable bonds is 1. The fourth-order valence-electron chi connectivity index (χ4n) is 0.761. The molecule has 1 rings (SSSR count). The van der Waals surface area contributed by atoms with Crippen LogP contribution in [-0.4, -0.2) is 12.1 Å². The molecule has 0 atom stereocenters. The maximum absolute atomic E-state index is 8.24. The number of methoxy groups -OCH3 is 1. The number of aromatic nitrogens is 1. The molecule has 0 N–H and O–H groups in total. The third-order valence-electron chi connectivity index (χ3n) is 1.35. The number of ether oxygens (including phenoxy) is 1. The number of nitriles is 1. The third-order valence-corrected chi connectivity index (χ3v) is 1.35. The van der Waals surface area contributed by atoms with Crippen molar-refractivity contribution >= 4 is 0 Å². The average Bonchev–Trinajstić information content (AvgIpc) is 2.19. The van der Waals surface area contributed by atoms with E-state index < -0.39 is 0 Å². The van der Waals surface area contributed by atoms with Crippen molar-refractivity contribution in [3.8, 4) is 23.8 Å². The Kier molecular flexibility index (Phi) is 3.35. The molecule has 0 bridgehead atoms. The van der Waals surface area contributed by atoms with Gasteiger partial charge in [-0.15, -0.1) is 0 Å². The standard InChI is InChI=1S/C10H8N2O/c1-13-10-6-5-9(8-12-10)4-2-3-7-11/h5-6,8H,3H2,1H3. The van der Waals surface area contributed by atoms with E-state index >= 15 is 0 Å². The Bertz CT molecular complexity index is 365. The second kappa shape index (κ2) is 4.79. The Morgan fingerprint density at radius 3 is 2.92 bits per heavy atom. The van der Waals surface area contributed by atoms with Crippen molar-refractivity contribution in [3.05, 3.63) is 23.9 Å². The minimum atomic E-state index is 0.242. The molecule has 64 valence electrons. The summed E-state index contributed by atoms with van der Waals surface area (Å²) in [6.07, 6.45) is 1.86. The van der Waals surface area contributed by atoms with Crippen LogP contribution in [0.2, 0.25) is 0 Å². The van der Waals surface area contributed by atoms with E-state index in [9.17, 15) is 0 Å². The van der Waals surface area contributed by atoms with E-state index in [-0.39, 0.29) is 6.42 Å². The van der Waals surface area contributed by atoms with Crippen LogP contribution < -0.4 is 4.74 Å². The highest BCUT2D eigenvalue weighted by atomic mass is 16.5. The zero-order valence-corrected chi connectivity index (χ0v) is 7.24. The van der Waals surface area contributed by atoms with Gasteiger partial charge in [0.25, 0.3) is 0 Å². The van der Waals surface area contributed by atoms with Crippen LogP contribution in [0.15, 0.2) is 18.3 Å². The van der Waals surface area contributed by atoms with Crippen LogP contribution in [0.3, 0.4) is 0 Å². The first-order chi connectivity index (χ1) is 6.36. The molecule has 0 unspecified atom stereocenters. The molecule has 0 aliphatic carbocycles. The Balaban J connectivity index is 2.72. The number of nitrogens with zero attached hydrogens (tertiary/aromatic N) is 2. The maximum atomic E-state index is 8.24. The SMILES string of the molecule is COc1ccc(C#CCC#N)cn1. The lowest BCUT2D eigenvalue weighted by atomic mass is 10.3. The largest absolute Gasteiger partial charge is 0.481 e. The summed E-state index contributed by atoms with van der Waals surface area (Å²) in [5.74, 6) is 6.06. The van der Waals surface area contributed by atoms with Gasteiger partial charge >= 0.3 is 0 Å². The highest BCUT2D eigenvalue weighted by Gasteiger charge is 1.90. The molecule has 1 aromatic rings. The van der Waals surface area contributed by atoms with Gasteiger partial charge < -0.3 is 4.74 Å². The van der Waals surface area contributed by atoms with Crippen LogP contribution in [0, 0.1) is 23.2 Å². The molecule has 13 heavy (non-hydrogen) atoms. The molecular formula is C10H8N2O. The van der Waals surface area contributed by atoms with Gasteiger partial charge in [-0.2, -0.15) is 5.26 Å². The Morgan fingerprint density at radius 1 is 1.54 bits per heavy atom. The van der Waals surface area contributed by atoms with Crippen molar-refractivity contribution in [2.24, 2.45) is 0 Å². The highest BCUT2D eigenvalue weighted by molar-refractivity contribution is 5.34. The van der Waals surface area contributed by atoms with Gasteiger partial charge in [-0.25, -0.2) is 4.98 Å². The smallest absolute Gasteiger partial charge is 0.212 e. The fraction of sp³-hybridized carbons (Fsp3) is 0.200. The van der Waals surface area contributed by atoms with E-state index in [4.69, 9.17) is 10.00 Å². The van der Waals surface area contributed by atoms with Gasteiger partial charge in [-0.1, -0.05) is 11.8 Å². The predicted molar refractivity (Wildman–Crippen MR) is 47.9 cm³/mol. The zero-order chi connectivity index (χ0) is 9.52. The lowest BCUT2D eigenvalue weighted by Crippen LogP contribution is -1.86. The molecule has 1 aromatic heterocycles. The fourth-order valence-corrected chi connectivity index (χ4v) is 0.761. The third kappa shape index (κ3) is 2.84. The van der Waals surface area contributed by atoms with E-state index in [0.717, 1.165) is 5.56 Å². The molecule has 0 amide bonds. The van der Waals surface area contributed by atoms with Gasteiger partial charge in [0, 0.05) is 17.8 Å². The van der Waals surface area contributed by atoms with Crippen molar-refractivity contribution in [2.75, 3.05) is 7.11 Å². The number of hydrogen-bond acceptors (Lipinski definition) is 3. The van der Waals surface area contributed by atoms with Crippen molar-refractivity contribution in [3.63, 3.8) is 0 Å². The molecular weight excluding hydrogens is 164 g/mol. The van der Waals surface area contributed by atoms with Gasteiger partial charge in [0.1, 0.15) is 0 Å². The molecule has 0 radical (unpaired) electrons. The van der Waals surface area contributed by atoms with Gasteiger partial charge in [-0.3, -0.25) is 0 Å². The van der Waals surface area contributed by atoms with Crippen LogP contribution in [0.1, 0.15) is 12.0 Å². The molecule has 0 aliphatic rings. The molecule has 1 heterocycles. The Labute approximate surface area is 77.0 Å². The van der Waals surface area contributed by atoms with Gasteiger partial charge in [-0.05, 0) is 6.07 Å². The van der Waals surface area contributed by atoms with E-state index in [1.807, 2.05) is 6.07 Å². The van der Waals surface area contributed by atoms with Crippen LogP contribution in [0.5, 0.6) is 5.88 Å². The Morgan fingerprint density at radius 2 is 2.38 bits per heavy atom. The van der Waals surface area contributed by atoms with E-state index in [0.29, 0.717) is 5.88 Å². The van der Waals surface area contributed by atoms with Crippen molar-refractivity contribution < 1.29 is 4.74 Å². The molecule has 0 saturated heterocycles. The Hall–Kier alpha value is -2.00. The van der Waals surface area contributed by atoms with Crippen LogP contribution >= 0.6 is 0 Å². The van der Waals surface area contributed by atoms with Gasteiger partial charge in [0.15, 0.2) is 0 Å². The lowest BCUT2D eigenvalue weighted by Gasteiger charge is -1.95. The van der Waals surface area contributed by atoms with Gasteiger partial charge in [0.05, 0.1) is 19.6 Å². The van der Waals surface area contributed by atoms with E-state index in [2.05, 4.69) is 16.8 Å². The summed E-state index contributed by atoms with van der Waals surface area (Å²) in [7, 11) is 1.56. The first kappa shape index (κ1) is 9.09. The number of pyridine rings is 1. The summed E-state index contributed by atoms with van der Waals surface area (Å²) in [6.45, 7) is 0. The van der Waals surface area contributed by atoms with Gasteiger partial charge in [0.2, 0.25) is 5.88 Å². The van der Waals surface area contributed by atoms with Crippen molar-refractivity contribution in [2.45, 2.75) is 6.42 Å². The minimum Gasteiger partial charge on any atom is -0.481 e. The number of hydrogen-bond donors (Lipinski definition) is 0. The maximum Gasteiger partial charge on any atom is 0.212 e. The van der Waals surface area contributed by atoms with Crippen LogP contribution in [0.4, 0.5) is 0 Å². The first-order valence-electron chi connectivity index (χ1n) is 3.72. The van der Waals surface area contributed by atoms with E-state index in [1.54, 1.807) is 25.4 Å². The van der Waals surface area contributed by atoms with Crippen LogP contribution in [-0.2, 0) is 0 Å². The normalized spacial score (nSPS) is 8.00. The second-order valence-electron chi connectivity index (χ2n) is 2.23. The quantitative estimate of drug-likeness (QED) is 0.601. The second-order valence-corrected chi connectivity index (χ2v) is 2.23. The molecule has 3 nitrogen and oxygen atoms in total. The summed E-state index contributed by atoms with van der Waals surface area (Å²) in [6, 6.07) is 5.48. The predicted octanol–water partition coefficient (Wildman–Crippen LogP) is 1.36. The molecule has 0 spiro atoms. The summed E-state index contributed by atoms with van der Waals surface area (Å²) >= 11 is 0. The molecule has 3 heteroatoms. The topological polar surface area (TPSA) is 45.9 Å². The lowest BCUT2D eigenvalue weighted by molar-refractivity contribution is 0.398. The van der Waals surface area contributed by atoms with Crippen LogP contribution in [0.25, 0.3) is 0 Å². The molecule has 0 saturated carbocycles. The van der Waals surface area contributed by atoms with Crippen molar-refractivity contribution in [1.82, 2.24) is 4.98 Å². The monoisotopic (exact) mass is 172 g/mol. The minimum absolute atomic E-state index is 0.242. The summed E-state index contributed by atoms with van der Waals surface area (Å²) in [5, 5.41) is 8.24. The molecule has 0 aliphatic heterocycles. The molecule has 0 aromatic carbocycles.